The Bertz CT molecular complexity index is 152. The average Bonchev–Trinajstić information content (AvgIpc) is 2.30. The second-order valence-corrected chi connectivity index (χ2v) is 5.92. The summed E-state index contributed by atoms with van der Waals surface area (Å²) in [4.78, 5) is 0. The molecule has 1 heteroatoms. The molecule has 0 aromatic carbocycles. The number of nitrogens with zero attached hydrogens (tertiary/aromatic N) is 1. The van der Waals surface area contributed by atoms with E-state index in [0.717, 1.165) is 6.54 Å². The quantitative estimate of drug-likeness (QED) is 0.410. The van der Waals surface area contributed by atoms with Crippen LogP contribution in [0.3, 0.4) is 0 Å². The Balaban J connectivity index is 3.26. The van der Waals surface area contributed by atoms with Gasteiger partial charge in [-0.3, -0.25) is 0 Å². The second-order valence-electron chi connectivity index (χ2n) is 5.92. The normalized spacial score (nSPS) is 12.0. The van der Waals surface area contributed by atoms with E-state index >= 15 is 0 Å². The van der Waals surface area contributed by atoms with Gasteiger partial charge in [0.1, 0.15) is 0 Å². The molecule has 0 saturated heterocycles. The molecule has 0 aliphatic heterocycles. The summed E-state index contributed by atoms with van der Waals surface area (Å²) in [5.74, 6) is 0. The SMILES string of the molecule is CCCCCCCCCCC(C)(C)[N]CCC. The highest BCUT2D eigenvalue weighted by Gasteiger charge is 2.16. The molecule has 1 radical (unpaired) electrons. The van der Waals surface area contributed by atoms with Crippen LogP contribution in [0.4, 0.5) is 0 Å². The minimum absolute atomic E-state index is 0.220. The maximum Gasteiger partial charge on any atom is 0.0300 e. The fourth-order valence-electron chi connectivity index (χ4n) is 2.19. The molecule has 0 N–H and O–H groups in total. The Morgan fingerprint density at radius 2 is 1.24 bits per heavy atom. The third kappa shape index (κ3) is 12.2. The summed E-state index contributed by atoms with van der Waals surface area (Å²) in [5, 5.41) is 4.73. The van der Waals surface area contributed by atoms with E-state index in [1.54, 1.807) is 0 Å². The number of hydrogen-bond donors (Lipinski definition) is 0. The van der Waals surface area contributed by atoms with Crippen LogP contribution in [0.2, 0.25) is 0 Å². The van der Waals surface area contributed by atoms with Crippen molar-refractivity contribution in [2.24, 2.45) is 0 Å². The van der Waals surface area contributed by atoms with Gasteiger partial charge in [-0.15, -0.1) is 0 Å². The lowest BCUT2D eigenvalue weighted by Crippen LogP contribution is -2.33. The van der Waals surface area contributed by atoms with Crippen LogP contribution >= 0.6 is 0 Å². The van der Waals surface area contributed by atoms with Crippen LogP contribution in [-0.2, 0) is 0 Å². The van der Waals surface area contributed by atoms with E-state index in [2.05, 4.69) is 27.7 Å². The van der Waals surface area contributed by atoms with Crippen molar-refractivity contribution >= 4 is 0 Å². The number of unbranched alkanes of at least 4 members (excludes halogenated alkanes) is 7. The zero-order valence-corrected chi connectivity index (χ0v) is 12.7. The van der Waals surface area contributed by atoms with Crippen molar-refractivity contribution in [2.75, 3.05) is 6.54 Å². The van der Waals surface area contributed by atoms with Crippen LogP contribution in [0.5, 0.6) is 0 Å². The van der Waals surface area contributed by atoms with Crippen LogP contribution in [0.1, 0.15) is 91.9 Å². The molecular formula is C16H34N. The molecule has 0 fully saturated rings. The van der Waals surface area contributed by atoms with E-state index < -0.39 is 0 Å². The van der Waals surface area contributed by atoms with Gasteiger partial charge in [-0.25, -0.2) is 5.32 Å². The first kappa shape index (κ1) is 17.0. The van der Waals surface area contributed by atoms with Crippen molar-refractivity contribution in [1.82, 2.24) is 5.32 Å². The van der Waals surface area contributed by atoms with E-state index in [-0.39, 0.29) is 5.54 Å². The van der Waals surface area contributed by atoms with Crippen LogP contribution < -0.4 is 5.32 Å². The summed E-state index contributed by atoms with van der Waals surface area (Å²) < 4.78 is 0. The predicted molar refractivity (Wildman–Crippen MR) is 78.6 cm³/mol. The Hall–Kier alpha value is -0.0400. The zero-order chi connectivity index (χ0) is 13.0. The van der Waals surface area contributed by atoms with Gasteiger partial charge in [0.2, 0.25) is 0 Å². The van der Waals surface area contributed by atoms with Crippen molar-refractivity contribution in [3.05, 3.63) is 0 Å². The summed E-state index contributed by atoms with van der Waals surface area (Å²) >= 11 is 0. The lowest BCUT2D eigenvalue weighted by molar-refractivity contribution is 0.340. The number of hydrogen-bond acceptors (Lipinski definition) is 0. The van der Waals surface area contributed by atoms with Crippen molar-refractivity contribution in [1.29, 1.82) is 0 Å². The third-order valence-corrected chi connectivity index (χ3v) is 3.41. The third-order valence-electron chi connectivity index (χ3n) is 3.41. The lowest BCUT2D eigenvalue weighted by atomic mass is 9.96. The molecule has 0 saturated carbocycles. The molecule has 0 aliphatic carbocycles. The van der Waals surface area contributed by atoms with Gasteiger partial charge in [0.25, 0.3) is 0 Å². The highest BCUT2D eigenvalue weighted by atomic mass is 14.9. The van der Waals surface area contributed by atoms with Gasteiger partial charge in [0.15, 0.2) is 0 Å². The van der Waals surface area contributed by atoms with E-state index in [0.29, 0.717) is 0 Å². The topological polar surface area (TPSA) is 14.1 Å². The number of rotatable bonds is 12. The van der Waals surface area contributed by atoms with Crippen molar-refractivity contribution in [2.45, 2.75) is 97.4 Å². The summed E-state index contributed by atoms with van der Waals surface area (Å²) in [6.07, 6.45) is 13.7. The van der Waals surface area contributed by atoms with Gasteiger partial charge in [-0.2, -0.15) is 0 Å². The fraction of sp³-hybridized carbons (Fsp3) is 1.00. The summed E-state index contributed by atoms with van der Waals surface area (Å²) in [7, 11) is 0. The molecule has 0 aromatic rings. The van der Waals surface area contributed by atoms with Gasteiger partial charge >= 0.3 is 0 Å². The second kappa shape index (κ2) is 11.1. The first-order chi connectivity index (χ1) is 8.12. The van der Waals surface area contributed by atoms with Crippen LogP contribution in [-0.4, -0.2) is 12.1 Å². The van der Waals surface area contributed by atoms with E-state index in [1.807, 2.05) is 0 Å². The fourth-order valence-corrected chi connectivity index (χ4v) is 2.19. The molecule has 0 atom stereocenters. The van der Waals surface area contributed by atoms with Crippen LogP contribution in [0.15, 0.2) is 0 Å². The highest BCUT2D eigenvalue weighted by Crippen LogP contribution is 2.16. The van der Waals surface area contributed by atoms with Gasteiger partial charge in [-0.05, 0) is 26.7 Å². The average molecular weight is 240 g/mol. The van der Waals surface area contributed by atoms with Crippen molar-refractivity contribution in [3.8, 4) is 0 Å². The molecule has 0 heterocycles. The van der Waals surface area contributed by atoms with Gasteiger partial charge in [-0.1, -0.05) is 65.2 Å². The Kier molecular flexibility index (Phi) is 11.0. The van der Waals surface area contributed by atoms with E-state index in [1.165, 1.54) is 64.2 Å². The molecule has 0 unspecified atom stereocenters. The largest absolute Gasteiger partial charge is 0.236 e. The monoisotopic (exact) mass is 240 g/mol. The molecule has 0 amide bonds. The highest BCUT2D eigenvalue weighted by molar-refractivity contribution is 4.76. The smallest absolute Gasteiger partial charge is 0.0300 e. The molecular weight excluding hydrogens is 206 g/mol. The Labute approximate surface area is 110 Å². The van der Waals surface area contributed by atoms with Gasteiger partial charge < -0.3 is 0 Å². The van der Waals surface area contributed by atoms with Gasteiger partial charge in [0.05, 0.1) is 0 Å². The Morgan fingerprint density at radius 3 is 1.76 bits per heavy atom. The molecule has 103 valence electrons. The molecule has 0 bridgehead atoms. The summed E-state index contributed by atoms with van der Waals surface area (Å²) in [5.41, 5.74) is 0.220. The summed E-state index contributed by atoms with van der Waals surface area (Å²) in [6.45, 7) is 10.1. The van der Waals surface area contributed by atoms with Crippen LogP contribution in [0.25, 0.3) is 0 Å². The minimum atomic E-state index is 0.220. The standard InChI is InChI=1S/C16H34N/c1-5-7-8-9-10-11-12-13-14-16(3,4)17-15-6-2/h5-15H2,1-4H3. The first-order valence-electron chi connectivity index (χ1n) is 7.81. The van der Waals surface area contributed by atoms with Gasteiger partial charge in [0, 0.05) is 12.1 Å². The molecule has 0 rings (SSSR count). The molecule has 0 aliphatic rings. The minimum Gasteiger partial charge on any atom is -0.236 e. The Morgan fingerprint density at radius 1 is 0.706 bits per heavy atom. The van der Waals surface area contributed by atoms with Crippen molar-refractivity contribution < 1.29 is 0 Å². The molecule has 1 nitrogen and oxygen atoms in total. The van der Waals surface area contributed by atoms with Crippen molar-refractivity contribution in [3.63, 3.8) is 0 Å². The zero-order valence-electron chi connectivity index (χ0n) is 12.7. The maximum atomic E-state index is 4.73. The summed E-state index contributed by atoms with van der Waals surface area (Å²) in [6, 6.07) is 0. The molecule has 17 heavy (non-hydrogen) atoms. The van der Waals surface area contributed by atoms with E-state index in [9.17, 15) is 0 Å². The molecule has 0 spiro atoms. The predicted octanol–water partition coefficient (Wildman–Crippen LogP) is 5.31. The maximum absolute atomic E-state index is 4.73. The lowest BCUT2D eigenvalue weighted by Gasteiger charge is -2.24. The first-order valence-corrected chi connectivity index (χ1v) is 7.81. The molecule has 0 aromatic heterocycles. The van der Waals surface area contributed by atoms with Crippen LogP contribution in [0, 0.1) is 0 Å². The van der Waals surface area contributed by atoms with E-state index in [4.69, 9.17) is 5.32 Å².